The Morgan fingerprint density at radius 2 is 2.07 bits per heavy atom. The molecule has 0 saturated heterocycles. The van der Waals surface area contributed by atoms with Gasteiger partial charge < -0.3 is 5.32 Å². The molecule has 4 rings (SSSR count). The van der Waals surface area contributed by atoms with Crippen molar-refractivity contribution in [1.82, 2.24) is 19.7 Å². The molecule has 0 unspecified atom stereocenters. The lowest BCUT2D eigenvalue weighted by Gasteiger charge is -2.18. The summed E-state index contributed by atoms with van der Waals surface area (Å²) in [5.74, 6) is 0.687. The predicted molar refractivity (Wildman–Crippen MR) is 110 cm³/mol. The molecule has 0 saturated carbocycles. The zero-order valence-corrected chi connectivity index (χ0v) is 17.0. The van der Waals surface area contributed by atoms with E-state index in [0.717, 1.165) is 47.5 Å². The number of aryl methyl sites for hydroxylation is 1. The molecular formula is C20H23N5O2S. The van der Waals surface area contributed by atoms with Gasteiger partial charge in [-0.2, -0.15) is 9.78 Å². The van der Waals surface area contributed by atoms with Crippen LogP contribution in [-0.2, 0) is 17.6 Å². The fourth-order valence-corrected chi connectivity index (χ4v) is 3.85. The summed E-state index contributed by atoms with van der Waals surface area (Å²) in [5, 5.41) is 9.54. The fraction of sp³-hybridized carbons (Fsp3) is 0.400. The quantitative estimate of drug-likeness (QED) is 0.707. The minimum absolute atomic E-state index is 0.124. The van der Waals surface area contributed by atoms with E-state index in [1.165, 1.54) is 4.68 Å². The van der Waals surface area contributed by atoms with E-state index in [1.807, 2.05) is 44.4 Å². The molecule has 0 atom stereocenters. The van der Waals surface area contributed by atoms with E-state index >= 15 is 0 Å². The number of amides is 1. The van der Waals surface area contributed by atoms with Gasteiger partial charge in [0, 0.05) is 17.0 Å². The minimum Gasteiger partial charge on any atom is -0.310 e. The second kappa shape index (κ2) is 7.01. The standard InChI is InChI=1S/C20H23N5O2S/c1-20(2,3)18(27)22-16-11-14(15-9-6-10-28-15)24-25(16)19-21-13-8-5-4-7-12(13)17(26)23-19/h6,9-11H,4-5,7-8H2,1-3H3,(H,22,27)(H,21,23,26). The average Bonchev–Trinajstić information content (AvgIpc) is 3.30. The van der Waals surface area contributed by atoms with Crippen LogP contribution in [0.1, 0.15) is 44.9 Å². The molecule has 0 bridgehead atoms. The number of hydrogen-bond donors (Lipinski definition) is 2. The van der Waals surface area contributed by atoms with E-state index in [1.54, 1.807) is 11.3 Å². The summed E-state index contributed by atoms with van der Waals surface area (Å²) >= 11 is 1.56. The molecule has 0 spiro atoms. The van der Waals surface area contributed by atoms with Crippen LogP contribution in [0.25, 0.3) is 16.5 Å². The highest BCUT2D eigenvalue weighted by Crippen LogP contribution is 2.28. The predicted octanol–water partition coefficient (Wildman–Crippen LogP) is 3.55. The molecule has 28 heavy (non-hydrogen) atoms. The van der Waals surface area contributed by atoms with Gasteiger partial charge in [-0.15, -0.1) is 11.3 Å². The number of aromatic nitrogens is 4. The molecular weight excluding hydrogens is 374 g/mol. The van der Waals surface area contributed by atoms with Crippen LogP contribution >= 0.6 is 11.3 Å². The van der Waals surface area contributed by atoms with Crippen LogP contribution in [0, 0.1) is 5.41 Å². The Labute approximate surface area is 166 Å². The highest BCUT2D eigenvalue weighted by molar-refractivity contribution is 7.13. The smallest absolute Gasteiger partial charge is 0.255 e. The summed E-state index contributed by atoms with van der Waals surface area (Å²) in [7, 11) is 0. The number of thiophene rings is 1. The molecule has 0 fully saturated rings. The first-order chi connectivity index (χ1) is 13.3. The van der Waals surface area contributed by atoms with Gasteiger partial charge in [-0.25, -0.2) is 4.98 Å². The molecule has 1 amide bonds. The number of rotatable bonds is 3. The van der Waals surface area contributed by atoms with Crippen LogP contribution in [0.2, 0.25) is 0 Å². The maximum absolute atomic E-state index is 12.6. The summed E-state index contributed by atoms with van der Waals surface area (Å²) in [4.78, 5) is 33.6. The van der Waals surface area contributed by atoms with Crippen molar-refractivity contribution < 1.29 is 4.79 Å². The lowest BCUT2D eigenvalue weighted by atomic mass is 9.96. The normalized spacial score (nSPS) is 14.0. The van der Waals surface area contributed by atoms with Crippen LogP contribution in [0.15, 0.2) is 28.4 Å². The molecule has 3 heterocycles. The number of anilines is 1. The molecule has 1 aliphatic rings. The number of nitrogens with one attached hydrogen (secondary N) is 2. The van der Waals surface area contributed by atoms with Crippen LogP contribution in [0.5, 0.6) is 0 Å². The summed E-state index contributed by atoms with van der Waals surface area (Å²) in [6.45, 7) is 5.55. The maximum atomic E-state index is 12.6. The van der Waals surface area contributed by atoms with E-state index in [2.05, 4.69) is 20.4 Å². The van der Waals surface area contributed by atoms with Gasteiger partial charge in [-0.1, -0.05) is 26.8 Å². The lowest BCUT2D eigenvalue weighted by Crippen LogP contribution is -2.29. The van der Waals surface area contributed by atoms with Gasteiger partial charge >= 0.3 is 0 Å². The van der Waals surface area contributed by atoms with Crippen LogP contribution < -0.4 is 10.9 Å². The zero-order chi connectivity index (χ0) is 19.9. The van der Waals surface area contributed by atoms with E-state index in [-0.39, 0.29) is 11.5 Å². The van der Waals surface area contributed by atoms with Crippen LogP contribution in [-0.4, -0.2) is 25.7 Å². The van der Waals surface area contributed by atoms with Crippen molar-refractivity contribution in [2.75, 3.05) is 5.32 Å². The van der Waals surface area contributed by atoms with Gasteiger partial charge in [-0.3, -0.25) is 14.6 Å². The van der Waals surface area contributed by atoms with Gasteiger partial charge in [0.1, 0.15) is 11.5 Å². The number of hydrogen-bond acceptors (Lipinski definition) is 5. The first kappa shape index (κ1) is 18.6. The lowest BCUT2D eigenvalue weighted by molar-refractivity contribution is -0.123. The number of aromatic amines is 1. The molecule has 3 aromatic heterocycles. The molecule has 146 valence electrons. The molecule has 7 nitrogen and oxygen atoms in total. The third-order valence-corrected chi connectivity index (χ3v) is 5.68. The van der Waals surface area contributed by atoms with Crippen molar-refractivity contribution in [2.24, 2.45) is 5.41 Å². The third kappa shape index (κ3) is 3.52. The van der Waals surface area contributed by atoms with Crippen LogP contribution in [0.3, 0.4) is 0 Å². The monoisotopic (exact) mass is 397 g/mol. The van der Waals surface area contributed by atoms with Gasteiger partial charge in [0.15, 0.2) is 0 Å². The Morgan fingerprint density at radius 1 is 1.29 bits per heavy atom. The second-order valence-corrected chi connectivity index (χ2v) is 8.98. The first-order valence-electron chi connectivity index (χ1n) is 9.41. The van der Waals surface area contributed by atoms with E-state index in [9.17, 15) is 9.59 Å². The fourth-order valence-electron chi connectivity index (χ4n) is 3.17. The number of carbonyl (C=O) groups is 1. The van der Waals surface area contributed by atoms with Gasteiger partial charge in [-0.05, 0) is 37.1 Å². The maximum Gasteiger partial charge on any atom is 0.255 e. The molecule has 1 aliphatic carbocycles. The summed E-state index contributed by atoms with van der Waals surface area (Å²) < 4.78 is 1.52. The first-order valence-corrected chi connectivity index (χ1v) is 10.3. The van der Waals surface area contributed by atoms with Gasteiger partial charge in [0.05, 0.1) is 10.6 Å². The topological polar surface area (TPSA) is 92.7 Å². The minimum atomic E-state index is -0.561. The molecule has 8 heteroatoms. The molecule has 3 aromatic rings. The molecule has 0 aromatic carbocycles. The molecule has 0 radical (unpaired) electrons. The Morgan fingerprint density at radius 3 is 2.79 bits per heavy atom. The van der Waals surface area contributed by atoms with Gasteiger partial charge in [0.2, 0.25) is 11.9 Å². The van der Waals surface area contributed by atoms with E-state index < -0.39 is 5.41 Å². The number of carbonyl (C=O) groups excluding carboxylic acids is 1. The number of fused-ring (bicyclic) bond motifs is 1. The van der Waals surface area contributed by atoms with Crippen molar-refractivity contribution >= 4 is 23.1 Å². The summed E-state index contributed by atoms with van der Waals surface area (Å²) in [5.41, 5.74) is 1.63. The SMILES string of the molecule is CC(C)(C)C(=O)Nc1cc(-c2cccs2)nn1-c1nc2c(c(=O)[nH]1)CCCC2. The highest BCUT2D eigenvalue weighted by atomic mass is 32.1. The summed E-state index contributed by atoms with van der Waals surface area (Å²) in [6, 6.07) is 5.73. The van der Waals surface area contributed by atoms with Crippen molar-refractivity contribution in [3.63, 3.8) is 0 Å². The Bertz CT molecular complexity index is 1070. The Hall–Kier alpha value is -2.74. The van der Waals surface area contributed by atoms with Crippen LogP contribution in [0.4, 0.5) is 5.82 Å². The van der Waals surface area contributed by atoms with Crippen molar-refractivity contribution in [3.05, 3.63) is 45.2 Å². The van der Waals surface area contributed by atoms with Crippen molar-refractivity contribution in [3.8, 4) is 16.5 Å². The Balaban J connectivity index is 1.82. The van der Waals surface area contributed by atoms with Crippen molar-refractivity contribution in [1.29, 1.82) is 0 Å². The third-order valence-electron chi connectivity index (χ3n) is 4.79. The van der Waals surface area contributed by atoms with Gasteiger partial charge in [0.25, 0.3) is 5.56 Å². The average molecular weight is 398 g/mol. The molecule has 2 N–H and O–H groups in total. The number of nitrogens with zero attached hydrogens (tertiary/aromatic N) is 3. The second-order valence-electron chi connectivity index (χ2n) is 8.03. The highest BCUT2D eigenvalue weighted by Gasteiger charge is 2.25. The Kier molecular flexibility index (Phi) is 4.66. The molecule has 0 aliphatic heterocycles. The van der Waals surface area contributed by atoms with E-state index in [0.29, 0.717) is 11.8 Å². The largest absolute Gasteiger partial charge is 0.310 e. The number of H-pyrrole nitrogens is 1. The van der Waals surface area contributed by atoms with E-state index in [4.69, 9.17) is 0 Å². The zero-order valence-electron chi connectivity index (χ0n) is 16.2. The van der Waals surface area contributed by atoms with Crippen molar-refractivity contribution in [2.45, 2.75) is 46.5 Å². The summed E-state index contributed by atoms with van der Waals surface area (Å²) in [6.07, 6.45) is 3.57.